The normalized spacial score (nSPS) is 10.6. The van der Waals surface area contributed by atoms with Crippen LogP contribution in [0.3, 0.4) is 0 Å². The van der Waals surface area contributed by atoms with E-state index < -0.39 is 0 Å². The Morgan fingerprint density at radius 2 is 2.15 bits per heavy atom. The molecule has 2 rings (SSSR count). The fourth-order valence-corrected chi connectivity index (χ4v) is 3.40. The van der Waals surface area contributed by atoms with E-state index in [4.69, 9.17) is 11.1 Å². The number of amidine groups is 1. The summed E-state index contributed by atoms with van der Waals surface area (Å²) in [7, 11) is 1.97. The van der Waals surface area contributed by atoms with Gasteiger partial charge in [-0.05, 0) is 58.4 Å². The number of thiophene rings is 1. The molecule has 0 bridgehead atoms. The molecule has 4 nitrogen and oxygen atoms in total. The second kappa shape index (κ2) is 5.93. The minimum atomic E-state index is 0.0587. The van der Waals surface area contributed by atoms with Gasteiger partial charge in [0.25, 0.3) is 0 Å². The Kier molecular flexibility index (Phi) is 4.45. The number of nitrogens with zero attached hydrogens (tertiary/aromatic N) is 2. The lowest BCUT2D eigenvalue weighted by molar-refractivity contribution is 0.890. The van der Waals surface area contributed by atoms with Gasteiger partial charge in [0.1, 0.15) is 11.7 Å². The van der Waals surface area contributed by atoms with E-state index in [1.807, 2.05) is 31.9 Å². The zero-order valence-electron chi connectivity index (χ0n) is 11.7. The van der Waals surface area contributed by atoms with Crippen LogP contribution < -0.4 is 10.6 Å². The van der Waals surface area contributed by atoms with Crippen molar-refractivity contribution in [3.05, 3.63) is 43.7 Å². The number of hydrogen-bond acceptors (Lipinski definition) is 4. The molecule has 3 N–H and O–H groups in total. The smallest absolute Gasteiger partial charge is 0.140 e. The molecule has 0 saturated heterocycles. The summed E-state index contributed by atoms with van der Waals surface area (Å²) in [5.74, 6) is 0.820. The lowest BCUT2D eigenvalue weighted by atomic mass is 10.1. The highest BCUT2D eigenvalue weighted by Gasteiger charge is 2.15. The molecule has 0 unspecified atom stereocenters. The topological polar surface area (TPSA) is 66.0 Å². The largest absolute Gasteiger partial charge is 0.384 e. The molecule has 20 heavy (non-hydrogen) atoms. The molecule has 106 valence electrons. The Hall–Kier alpha value is -1.40. The molecule has 0 aliphatic rings. The predicted octanol–water partition coefficient (Wildman–Crippen LogP) is 3.44. The number of hydrogen-bond donors (Lipinski definition) is 2. The van der Waals surface area contributed by atoms with Crippen molar-refractivity contribution < 1.29 is 0 Å². The van der Waals surface area contributed by atoms with Gasteiger partial charge in [-0.3, -0.25) is 5.41 Å². The summed E-state index contributed by atoms with van der Waals surface area (Å²) in [4.78, 5) is 6.59. The maximum Gasteiger partial charge on any atom is 0.140 e. The minimum Gasteiger partial charge on any atom is -0.384 e. The highest BCUT2D eigenvalue weighted by Crippen LogP contribution is 2.25. The molecule has 0 fully saturated rings. The maximum absolute atomic E-state index is 7.77. The van der Waals surface area contributed by atoms with E-state index in [0.29, 0.717) is 5.56 Å². The SMILES string of the molecule is Cc1cc(C)c(C(=N)N)c(N(C)Cc2csc(Br)c2)n1. The van der Waals surface area contributed by atoms with Crippen LogP contribution in [0.25, 0.3) is 0 Å². The Bertz CT molecular complexity index is 651. The molecule has 2 heterocycles. The Morgan fingerprint density at radius 3 is 2.70 bits per heavy atom. The number of nitrogens with two attached hydrogens (primary N) is 1. The lowest BCUT2D eigenvalue weighted by Gasteiger charge is -2.22. The second-order valence-electron chi connectivity index (χ2n) is 4.81. The number of pyridine rings is 1. The zero-order valence-corrected chi connectivity index (χ0v) is 14.1. The molecular weight excluding hydrogens is 336 g/mol. The average Bonchev–Trinajstić information content (AvgIpc) is 2.72. The highest BCUT2D eigenvalue weighted by atomic mass is 79.9. The van der Waals surface area contributed by atoms with Gasteiger partial charge in [0.2, 0.25) is 0 Å². The first kappa shape index (κ1) is 15.0. The van der Waals surface area contributed by atoms with E-state index in [9.17, 15) is 0 Å². The molecule has 6 heteroatoms. The number of nitrogens with one attached hydrogen (secondary N) is 1. The zero-order chi connectivity index (χ0) is 14.9. The third-order valence-corrected chi connectivity index (χ3v) is 4.55. The van der Waals surface area contributed by atoms with E-state index >= 15 is 0 Å². The van der Waals surface area contributed by atoms with Crippen LogP contribution in [0.4, 0.5) is 5.82 Å². The van der Waals surface area contributed by atoms with Crippen LogP contribution in [-0.4, -0.2) is 17.9 Å². The summed E-state index contributed by atoms with van der Waals surface area (Å²) in [6.07, 6.45) is 0. The highest BCUT2D eigenvalue weighted by molar-refractivity contribution is 9.11. The Morgan fingerprint density at radius 1 is 1.45 bits per heavy atom. The molecule has 2 aromatic rings. The standard InChI is InChI=1S/C14H17BrN4S/c1-8-4-9(2)18-14(12(8)13(16)17)19(3)6-10-5-11(15)20-7-10/h4-5,7H,6H2,1-3H3,(H3,16,17). The number of aryl methyl sites for hydroxylation is 2. The third-order valence-electron chi connectivity index (χ3n) is 3.00. The number of aromatic nitrogens is 1. The first-order valence-corrected chi connectivity index (χ1v) is 7.82. The lowest BCUT2D eigenvalue weighted by Crippen LogP contribution is -2.24. The summed E-state index contributed by atoms with van der Waals surface area (Å²) < 4.78 is 1.11. The molecule has 0 aliphatic carbocycles. The van der Waals surface area contributed by atoms with Crippen LogP contribution in [0, 0.1) is 19.3 Å². The average molecular weight is 353 g/mol. The molecule has 2 aromatic heterocycles. The van der Waals surface area contributed by atoms with Crippen molar-refractivity contribution in [3.8, 4) is 0 Å². The summed E-state index contributed by atoms with van der Waals surface area (Å²) in [6.45, 7) is 4.65. The van der Waals surface area contributed by atoms with Crippen LogP contribution in [0.15, 0.2) is 21.3 Å². The van der Waals surface area contributed by atoms with Gasteiger partial charge in [0, 0.05) is 19.3 Å². The van der Waals surface area contributed by atoms with Crippen molar-refractivity contribution >= 4 is 38.9 Å². The Balaban J connectivity index is 2.38. The predicted molar refractivity (Wildman–Crippen MR) is 88.9 cm³/mol. The fourth-order valence-electron chi connectivity index (χ4n) is 2.20. The van der Waals surface area contributed by atoms with Gasteiger partial charge in [-0.15, -0.1) is 11.3 Å². The molecule has 0 atom stereocenters. The summed E-state index contributed by atoms with van der Waals surface area (Å²) >= 11 is 5.13. The van der Waals surface area contributed by atoms with Crippen molar-refractivity contribution in [3.63, 3.8) is 0 Å². The van der Waals surface area contributed by atoms with Crippen molar-refractivity contribution in [2.75, 3.05) is 11.9 Å². The van der Waals surface area contributed by atoms with Gasteiger partial charge in [0.15, 0.2) is 0 Å². The molecule has 0 spiro atoms. The quantitative estimate of drug-likeness (QED) is 0.654. The van der Waals surface area contributed by atoms with Gasteiger partial charge >= 0.3 is 0 Å². The first-order chi connectivity index (χ1) is 9.38. The van der Waals surface area contributed by atoms with Crippen LogP contribution in [0.2, 0.25) is 0 Å². The molecule has 0 saturated carbocycles. The summed E-state index contributed by atoms with van der Waals surface area (Å²) in [6, 6.07) is 4.05. The molecular formula is C14H17BrN4S. The van der Waals surface area contributed by atoms with Crippen molar-refractivity contribution in [1.82, 2.24) is 4.98 Å². The van der Waals surface area contributed by atoms with E-state index in [1.165, 1.54) is 5.56 Å². The van der Waals surface area contributed by atoms with Crippen LogP contribution in [-0.2, 0) is 6.54 Å². The molecule has 0 aromatic carbocycles. The maximum atomic E-state index is 7.77. The van der Waals surface area contributed by atoms with E-state index in [1.54, 1.807) is 11.3 Å². The van der Waals surface area contributed by atoms with Crippen LogP contribution in [0.1, 0.15) is 22.4 Å². The van der Waals surface area contributed by atoms with Crippen LogP contribution in [0.5, 0.6) is 0 Å². The summed E-state index contributed by atoms with van der Waals surface area (Å²) in [5.41, 5.74) is 9.55. The summed E-state index contributed by atoms with van der Waals surface area (Å²) in [5, 5.41) is 9.88. The molecule has 0 amide bonds. The van der Waals surface area contributed by atoms with Crippen molar-refractivity contribution in [2.24, 2.45) is 5.73 Å². The second-order valence-corrected chi connectivity index (χ2v) is 7.10. The third kappa shape index (κ3) is 3.19. The van der Waals surface area contributed by atoms with E-state index in [0.717, 1.165) is 27.4 Å². The van der Waals surface area contributed by atoms with Crippen molar-refractivity contribution in [1.29, 1.82) is 5.41 Å². The number of anilines is 1. The van der Waals surface area contributed by atoms with Gasteiger partial charge in [-0.2, -0.15) is 0 Å². The molecule has 0 radical (unpaired) electrons. The van der Waals surface area contributed by atoms with Gasteiger partial charge < -0.3 is 10.6 Å². The number of nitrogen functional groups attached to an aromatic ring is 1. The van der Waals surface area contributed by atoms with E-state index in [2.05, 4.69) is 32.4 Å². The van der Waals surface area contributed by atoms with Crippen molar-refractivity contribution in [2.45, 2.75) is 20.4 Å². The number of halogens is 1. The monoisotopic (exact) mass is 352 g/mol. The first-order valence-electron chi connectivity index (χ1n) is 6.15. The van der Waals surface area contributed by atoms with E-state index in [-0.39, 0.29) is 5.84 Å². The number of rotatable bonds is 4. The Labute approximate surface area is 131 Å². The van der Waals surface area contributed by atoms with Gasteiger partial charge in [0.05, 0.1) is 9.35 Å². The van der Waals surface area contributed by atoms with Gasteiger partial charge in [-0.25, -0.2) is 4.98 Å². The fraction of sp³-hybridized carbons (Fsp3) is 0.286. The van der Waals surface area contributed by atoms with Crippen LogP contribution >= 0.6 is 27.3 Å². The van der Waals surface area contributed by atoms with Gasteiger partial charge in [-0.1, -0.05) is 0 Å². The molecule has 0 aliphatic heterocycles. The minimum absolute atomic E-state index is 0.0587.